The van der Waals surface area contributed by atoms with Crippen LogP contribution >= 0.6 is 35.0 Å². The molecule has 1 unspecified atom stereocenters. The Hall–Kier alpha value is -1.49. The number of nitrogens with zero attached hydrogens (tertiary/aromatic N) is 3. The molecule has 2 heterocycles. The molecule has 2 aliphatic rings. The van der Waals surface area contributed by atoms with Crippen LogP contribution in [-0.4, -0.2) is 16.4 Å². The molecule has 1 atom stereocenters. The van der Waals surface area contributed by atoms with Crippen molar-refractivity contribution in [3.05, 3.63) is 63.6 Å². The van der Waals surface area contributed by atoms with Crippen molar-refractivity contribution in [3.8, 4) is 0 Å². The first kappa shape index (κ1) is 15.1. The predicted octanol–water partition coefficient (Wildman–Crippen LogP) is 5.66. The number of hydrazone groups is 1. The number of hydrogen-bond acceptors (Lipinski definition) is 4. The molecule has 0 radical (unpaired) electrons. The smallest absolute Gasteiger partial charge is 0.185 e. The van der Waals surface area contributed by atoms with E-state index in [2.05, 4.69) is 23.3 Å². The van der Waals surface area contributed by atoms with E-state index >= 15 is 0 Å². The summed E-state index contributed by atoms with van der Waals surface area (Å²) < 4.78 is 0. The van der Waals surface area contributed by atoms with E-state index in [1.54, 1.807) is 17.8 Å². The maximum Gasteiger partial charge on any atom is 0.185 e. The van der Waals surface area contributed by atoms with Gasteiger partial charge in [-0.3, -0.25) is 0 Å². The summed E-state index contributed by atoms with van der Waals surface area (Å²) >= 11 is 13.9. The zero-order valence-corrected chi connectivity index (χ0v) is 14.4. The number of aliphatic imine (C=N–C) groups is 1. The number of benzene rings is 2. The van der Waals surface area contributed by atoms with Crippen LogP contribution in [0.1, 0.15) is 23.6 Å². The Morgan fingerprint density at radius 2 is 2.04 bits per heavy atom. The molecule has 0 saturated carbocycles. The number of thioether (sulfide) groups is 1. The Morgan fingerprint density at radius 3 is 2.91 bits per heavy atom. The van der Waals surface area contributed by atoms with Crippen molar-refractivity contribution < 1.29 is 0 Å². The summed E-state index contributed by atoms with van der Waals surface area (Å²) in [5.41, 5.74) is 3.31. The third-order valence-corrected chi connectivity index (χ3v) is 5.49. The minimum absolute atomic E-state index is 0.256. The predicted molar refractivity (Wildman–Crippen MR) is 99.0 cm³/mol. The van der Waals surface area contributed by atoms with Gasteiger partial charge in [-0.05, 0) is 23.8 Å². The summed E-state index contributed by atoms with van der Waals surface area (Å²) in [6.07, 6.45) is 2.87. The molecule has 0 saturated heterocycles. The van der Waals surface area contributed by atoms with E-state index in [0.717, 1.165) is 28.6 Å². The van der Waals surface area contributed by atoms with Crippen LogP contribution in [0.3, 0.4) is 0 Å². The third kappa shape index (κ3) is 2.87. The summed E-state index contributed by atoms with van der Waals surface area (Å²) in [5, 5.41) is 8.74. The van der Waals surface area contributed by atoms with Crippen LogP contribution in [0, 0.1) is 0 Å². The van der Waals surface area contributed by atoms with Gasteiger partial charge in [-0.2, -0.15) is 5.10 Å². The van der Waals surface area contributed by atoms with Crippen LogP contribution in [-0.2, 0) is 5.75 Å². The lowest BCUT2D eigenvalue weighted by Crippen LogP contribution is -2.27. The maximum absolute atomic E-state index is 6.26. The fourth-order valence-electron chi connectivity index (χ4n) is 2.76. The summed E-state index contributed by atoms with van der Waals surface area (Å²) in [6, 6.07) is 14.1. The van der Waals surface area contributed by atoms with Gasteiger partial charge in [-0.25, -0.2) is 10.0 Å². The zero-order chi connectivity index (χ0) is 15.8. The van der Waals surface area contributed by atoms with Crippen molar-refractivity contribution in [3.63, 3.8) is 0 Å². The summed E-state index contributed by atoms with van der Waals surface area (Å²) in [6.45, 7) is 0. The first-order valence-corrected chi connectivity index (χ1v) is 9.02. The molecule has 23 heavy (non-hydrogen) atoms. The van der Waals surface area contributed by atoms with Gasteiger partial charge in [0, 0.05) is 34.0 Å². The lowest BCUT2D eigenvalue weighted by Gasteiger charge is -2.29. The molecular weight excluding hydrogens is 349 g/mol. The van der Waals surface area contributed by atoms with Crippen LogP contribution in [0.2, 0.25) is 10.0 Å². The number of rotatable bonds is 2. The molecule has 2 aliphatic heterocycles. The maximum atomic E-state index is 6.26. The SMILES string of the molecule is Clc1ccc(CSC2=Nc3ccccc3C3CC=NN23)c(Cl)c1. The molecule has 0 fully saturated rings. The van der Waals surface area contributed by atoms with E-state index in [9.17, 15) is 0 Å². The fraction of sp³-hybridized carbons (Fsp3) is 0.176. The highest BCUT2D eigenvalue weighted by atomic mass is 35.5. The first-order valence-electron chi connectivity index (χ1n) is 7.28. The molecule has 2 aromatic rings. The Bertz CT molecular complexity index is 819. The lowest BCUT2D eigenvalue weighted by molar-refractivity contribution is 0.372. The summed E-state index contributed by atoms with van der Waals surface area (Å²) in [7, 11) is 0. The second-order valence-electron chi connectivity index (χ2n) is 5.37. The molecule has 0 aromatic heterocycles. The number of hydrogen-bond donors (Lipinski definition) is 0. The first-order chi connectivity index (χ1) is 11.2. The minimum Gasteiger partial charge on any atom is -0.235 e. The Morgan fingerprint density at radius 1 is 1.17 bits per heavy atom. The van der Waals surface area contributed by atoms with Crippen molar-refractivity contribution in [2.45, 2.75) is 18.2 Å². The molecule has 0 N–H and O–H groups in total. The highest BCUT2D eigenvalue weighted by molar-refractivity contribution is 8.13. The molecule has 6 heteroatoms. The Labute approximate surface area is 149 Å². The molecule has 4 rings (SSSR count). The molecule has 0 amide bonds. The van der Waals surface area contributed by atoms with Gasteiger partial charge in [0.15, 0.2) is 5.17 Å². The largest absolute Gasteiger partial charge is 0.235 e. The average Bonchev–Trinajstić information content (AvgIpc) is 3.04. The second kappa shape index (κ2) is 6.19. The highest BCUT2D eigenvalue weighted by Crippen LogP contribution is 2.41. The second-order valence-corrected chi connectivity index (χ2v) is 7.16. The summed E-state index contributed by atoms with van der Waals surface area (Å²) in [4.78, 5) is 4.77. The van der Waals surface area contributed by atoms with Crippen molar-refractivity contribution >= 4 is 52.0 Å². The normalized spacial score (nSPS) is 18.6. The number of halogens is 2. The van der Waals surface area contributed by atoms with Crippen LogP contribution < -0.4 is 0 Å². The van der Waals surface area contributed by atoms with Gasteiger partial charge in [0.25, 0.3) is 0 Å². The van der Waals surface area contributed by atoms with Gasteiger partial charge < -0.3 is 0 Å². The van der Waals surface area contributed by atoms with E-state index < -0.39 is 0 Å². The van der Waals surface area contributed by atoms with Gasteiger partial charge in [0.2, 0.25) is 0 Å². The van der Waals surface area contributed by atoms with E-state index in [0.29, 0.717) is 10.0 Å². The van der Waals surface area contributed by atoms with E-state index in [4.69, 9.17) is 28.2 Å². The van der Waals surface area contributed by atoms with Gasteiger partial charge >= 0.3 is 0 Å². The van der Waals surface area contributed by atoms with Gasteiger partial charge in [0.05, 0.1) is 11.7 Å². The quantitative estimate of drug-likeness (QED) is 0.689. The van der Waals surface area contributed by atoms with Gasteiger partial charge in [0.1, 0.15) is 0 Å². The zero-order valence-electron chi connectivity index (χ0n) is 12.1. The van der Waals surface area contributed by atoms with Crippen molar-refractivity contribution in [1.82, 2.24) is 5.01 Å². The standard InChI is InChI=1S/C17H13Cl2N3S/c18-12-6-5-11(14(19)9-12)10-23-17-21-15-4-2-1-3-13(15)16-7-8-20-22(16)17/h1-6,8-9,16H,7,10H2. The van der Waals surface area contributed by atoms with Crippen LogP contribution in [0.4, 0.5) is 5.69 Å². The van der Waals surface area contributed by atoms with E-state index in [1.807, 2.05) is 29.4 Å². The van der Waals surface area contributed by atoms with E-state index in [-0.39, 0.29) is 6.04 Å². The molecule has 2 aromatic carbocycles. The van der Waals surface area contributed by atoms with Crippen molar-refractivity contribution in [2.75, 3.05) is 0 Å². The van der Waals surface area contributed by atoms with Gasteiger partial charge in [-0.15, -0.1) is 0 Å². The van der Waals surface area contributed by atoms with E-state index in [1.165, 1.54) is 5.56 Å². The number of para-hydroxylation sites is 1. The third-order valence-electron chi connectivity index (χ3n) is 3.91. The molecule has 3 nitrogen and oxygen atoms in total. The van der Waals surface area contributed by atoms with Crippen molar-refractivity contribution in [1.29, 1.82) is 0 Å². The van der Waals surface area contributed by atoms with Crippen LogP contribution in [0.15, 0.2) is 52.6 Å². The van der Waals surface area contributed by atoms with Crippen LogP contribution in [0.25, 0.3) is 0 Å². The summed E-state index contributed by atoms with van der Waals surface area (Å²) in [5.74, 6) is 0.732. The fourth-order valence-corrected chi connectivity index (χ4v) is 4.32. The average molecular weight is 362 g/mol. The molecule has 116 valence electrons. The molecule has 0 bridgehead atoms. The topological polar surface area (TPSA) is 28.0 Å². The Balaban J connectivity index is 1.61. The highest BCUT2D eigenvalue weighted by Gasteiger charge is 2.32. The number of amidine groups is 1. The van der Waals surface area contributed by atoms with Gasteiger partial charge in [-0.1, -0.05) is 59.2 Å². The van der Waals surface area contributed by atoms with Crippen LogP contribution in [0.5, 0.6) is 0 Å². The molecule has 0 aliphatic carbocycles. The minimum atomic E-state index is 0.256. The van der Waals surface area contributed by atoms with Crippen molar-refractivity contribution in [2.24, 2.45) is 10.1 Å². The Kier molecular flexibility index (Phi) is 4.05. The molecular formula is C17H13Cl2N3S. The number of fused-ring (bicyclic) bond motifs is 3. The molecule has 0 spiro atoms. The monoisotopic (exact) mass is 361 g/mol. The lowest BCUT2D eigenvalue weighted by atomic mass is 10.0.